The van der Waals surface area contributed by atoms with E-state index in [1.165, 1.54) is 0 Å². The Kier molecular flexibility index (Phi) is 5.47. The highest BCUT2D eigenvalue weighted by Gasteiger charge is 2.38. The maximum atomic E-state index is 13.1. The second-order valence-electron chi connectivity index (χ2n) is 7.84. The smallest absolute Gasteiger partial charge is 0.317 e. The van der Waals surface area contributed by atoms with E-state index in [4.69, 9.17) is 4.74 Å². The molecule has 2 unspecified atom stereocenters. The van der Waals surface area contributed by atoms with Crippen molar-refractivity contribution in [2.75, 3.05) is 24.5 Å². The molecule has 2 aromatic rings. The third-order valence-electron chi connectivity index (χ3n) is 5.47. The molecule has 29 heavy (non-hydrogen) atoms. The Balaban J connectivity index is 1.39. The maximum Gasteiger partial charge on any atom is 0.317 e. The van der Waals surface area contributed by atoms with Crippen LogP contribution in [-0.2, 0) is 9.59 Å². The molecule has 0 N–H and O–H groups in total. The number of aromatic nitrogens is 2. The summed E-state index contributed by atoms with van der Waals surface area (Å²) in [4.78, 5) is 37.8. The Hall–Kier alpha value is -2.96. The lowest BCUT2D eigenvalue weighted by atomic mass is 10.0. The third kappa shape index (κ3) is 4.39. The topological polar surface area (TPSA) is 75.6 Å². The fourth-order valence-corrected chi connectivity index (χ4v) is 4.12. The highest BCUT2D eigenvalue weighted by Crippen LogP contribution is 2.27. The van der Waals surface area contributed by atoms with Crippen LogP contribution in [0.15, 0.2) is 36.4 Å². The van der Waals surface area contributed by atoms with Gasteiger partial charge >= 0.3 is 6.01 Å². The van der Waals surface area contributed by atoms with Gasteiger partial charge in [-0.2, -0.15) is 0 Å². The molecule has 2 aliphatic rings. The molecule has 0 saturated carbocycles. The number of rotatable bonds is 4. The van der Waals surface area contributed by atoms with Crippen LogP contribution in [-0.4, -0.2) is 52.4 Å². The van der Waals surface area contributed by atoms with E-state index in [9.17, 15) is 9.59 Å². The van der Waals surface area contributed by atoms with Crippen LogP contribution >= 0.6 is 0 Å². The summed E-state index contributed by atoms with van der Waals surface area (Å²) >= 11 is 0. The molecule has 152 valence electrons. The van der Waals surface area contributed by atoms with Crippen LogP contribution in [0.25, 0.3) is 0 Å². The largest absolute Gasteiger partial charge is 0.458 e. The molecule has 2 saturated heterocycles. The molecular formula is C22H26N4O3. The number of para-hydroxylation sites is 1. The average Bonchev–Trinajstić information content (AvgIpc) is 3.09. The van der Waals surface area contributed by atoms with E-state index in [-0.39, 0.29) is 30.3 Å². The molecule has 3 heterocycles. The molecule has 2 fully saturated rings. The van der Waals surface area contributed by atoms with Crippen LogP contribution in [0, 0.1) is 19.8 Å². The van der Waals surface area contributed by atoms with E-state index in [0.717, 1.165) is 29.9 Å². The molecule has 4 rings (SSSR count). The van der Waals surface area contributed by atoms with E-state index in [0.29, 0.717) is 25.6 Å². The maximum absolute atomic E-state index is 13.1. The van der Waals surface area contributed by atoms with Crippen LogP contribution in [0.5, 0.6) is 6.01 Å². The van der Waals surface area contributed by atoms with Crippen LogP contribution in [0.3, 0.4) is 0 Å². The van der Waals surface area contributed by atoms with Gasteiger partial charge in [0.25, 0.3) is 0 Å². The summed E-state index contributed by atoms with van der Waals surface area (Å²) in [5.74, 6) is -0.270. The van der Waals surface area contributed by atoms with Gasteiger partial charge in [-0.3, -0.25) is 9.59 Å². The van der Waals surface area contributed by atoms with Gasteiger partial charge in [0.2, 0.25) is 11.8 Å². The SMILES string of the molecule is Cc1cc(C)nc(OC2CCCN(C(=O)C3CC(=O)N(c4ccccc4)C3)C2)n1. The second kappa shape index (κ2) is 8.19. The van der Waals surface area contributed by atoms with Gasteiger partial charge in [0.15, 0.2) is 0 Å². The monoisotopic (exact) mass is 394 g/mol. The minimum atomic E-state index is -0.307. The molecule has 0 spiro atoms. The van der Waals surface area contributed by atoms with Gasteiger partial charge in [0.05, 0.1) is 12.5 Å². The number of likely N-dealkylation sites (tertiary alicyclic amines) is 1. The third-order valence-corrected chi connectivity index (χ3v) is 5.47. The number of nitrogens with zero attached hydrogens (tertiary/aromatic N) is 4. The summed E-state index contributed by atoms with van der Waals surface area (Å²) in [5.41, 5.74) is 2.57. The fraction of sp³-hybridized carbons (Fsp3) is 0.455. The van der Waals surface area contributed by atoms with Crippen molar-refractivity contribution in [3.8, 4) is 6.01 Å². The molecular weight excluding hydrogens is 368 g/mol. The zero-order valence-corrected chi connectivity index (χ0v) is 16.9. The van der Waals surface area contributed by atoms with Crippen molar-refractivity contribution in [1.29, 1.82) is 0 Å². The average molecular weight is 394 g/mol. The number of amides is 2. The Morgan fingerprint density at radius 2 is 1.83 bits per heavy atom. The second-order valence-corrected chi connectivity index (χ2v) is 7.84. The number of anilines is 1. The van der Waals surface area contributed by atoms with Crippen molar-refractivity contribution in [3.05, 3.63) is 47.8 Å². The molecule has 2 amide bonds. The first-order valence-electron chi connectivity index (χ1n) is 10.1. The predicted molar refractivity (Wildman–Crippen MR) is 109 cm³/mol. The quantitative estimate of drug-likeness (QED) is 0.797. The van der Waals surface area contributed by atoms with E-state index in [2.05, 4.69) is 9.97 Å². The molecule has 7 heteroatoms. The van der Waals surface area contributed by atoms with E-state index >= 15 is 0 Å². The van der Waals surface area contributed by atoms with Crippen molar-refractivity contribution < 1.29 is 14.3 Å². The Morgan fingerprint density at radius 3 is 2.55 bits per heavy atom. The van der Waals surface area contributed by atoms with Crippen molar-refractivity contribution in [3.63, 3.8) is 0 Å². The molecule has 7 nitrogen and oxygen atoms in total. The number of carbonyl (C=O) groups is 2. The molecule has 0 radical (unpaired) electrons. The molecule has 2 atom stereocenters. The summed E-state index contributed by atoms with van der Waals surface area (Å²) in [5, 5.41) is 0. The van der Waals surface area contributed by atoms with Gasteiger partial charge in [-0.15, -0.1) is 0 Å². The van der Waals surface area contributed by atoms with Gasteiger partial charge in [0, 0.05) is 36.6 Å². The van der Waals surface area contributed by atoms with Gasteiger partial charge in [-0.1, -0.05) is 18.2 Å². The first-order chi connectivity index (χ1) is 14.0. The van der Waals surface area contributed by atoms with Gasteiger partial charge in [0.1, 0.15) is 6.10 Å². The van der Waals surface area contributed by atoms with Crippen LogP contribution < -0.4 is 9.64 Å². The number of carbonyl (C=O) groups excluding carboxylic acids is 2. The highest BCUT2D eigenvalue weighted by atomic mass is 16.5. The van der Waals surface area contributed by atoms with Crippen molar-refractivity contribution in [2.45, 2.75) is 39.2 Å². The van der Waals surface area contributed by atoms with E-state index in [1.54, 1.807) is 4.90 Å². The lowest BCUT2D eigenvalue weighted by molar-refractivity contribution is -0.138. The zero-order chi connectivity index (χ0) is 20.4. The van der Waals surface area contributed by atoms with Crippen molar-refractivity contribution in [2.24, 2.45) is 5.92 Å². The van der Waals surface area contributed by atoms with Crippen molar-refractivity contribution in [1.82, 2.24) is 14.9 Å². The number of hydrogen-bond donors (Lipinski definition) is 0. The standard InChI is InChI=1S/C22H26N4O3/c1-15-11-16(2)24-22(23-15)29-19-9-6-10-25(14-19)21(28)17-12-20(27)26(13-17)18-7-4-3-5-8-18/h3-5,7-8,11,17,19H,6,9-10,12-14H2,1-2H3. The van der Waals surface area contributed by atoms with Crippen LogP contribution in [0.4, 0.5) is 5.69 Å². The fourth-order valence-electron chi connectivity index (χ4n) is 4.12. The molecule has 2 aliphatic heterocycles. The van der Waals surface area contributed by atoms with Crippen LogP contribution in [0.2, 0.25) is 0 Å². The van der Waals surface area contributed by atoms with Gasteiger partial charge < -0.3 is 14.5 Å². The lowest BCUT2D eigenvalue weighted by Crippen LogP contribution is -2.47. The first kappa shape index (κ1) is 19.4. The van der Waals surface area contributed by atoms with Gasteiger partial charge in [-0.25, -0.2) is 9.97 Å². The van der Waals surface area contributed by atoms with Gasteiger partial charge in [-0.05, 0) is 44.9 Å². The number of benzene rings is 1. The molecule has 0 aliphatic carbocycles. The predicted octanol–water partition coefficient (Wildman–Crippen LogP) is 2.52. The van der Waals surface area contributed by atoms with E-state index < -0.39 is 0 Å². The lowest BCUT2D eigenvalue weighted by Gasteiger charge is -2.33. The minimum absolute atomic E-state index is 0.00277. The number of piperidine rings is 1. The Labute approximate surface area is 170 Å². The number of ether oxygens (including phenoxy) is 1. The first-order valence-corrected chi connectivity index (χ1v) is 10.1. The molecule has 0 bridgehead atoms. The summed E-state index contributed by atoms with van der Waals surface area (Å²) in [6.45, 7) is 5.46. The molecule has 1 aromatic heterocycles. The summed E-state index contributed by atoms with van der Waals surface area (Å²) in [7, 11) is 0. The van der Waals surface area contributed by atoms with E-state index in [1.807, 2.05) is 55.1 Å². The van der Waals surface area contributed by atoms with Crippen LogP contribution in [0.1, 0.15) is 30.7 Å². The number of aryl methyl sites for hydroxylation is 2. The highest BCUT2D eigenvalue weighted by molar-refractivity contribution is 6.00. The number of hydrogen-bond acceptors (Lipinski definition) is 5. The molecule has 1 aromatic carbocycles. The minimum Gasteiger partial charge on any atom is -0.458 e. The summed E-state index contributed by atoms with van der Waals surface area (Å²) < 4.78 is 5.98. The van der Waals surface area contributed by atoms with Crippen molar-refractivity contribution >= 4 is 17.5 Å². The zero-order valence-electron chi connectivity index (χ0n) is 16.9. The Morgan fingerprint density at radius 1 is 1.10 bits per heavy atom. The summed E-state index contributed by atoms with van der Waals surface area (Å²) in [6.07, 6.45) is 1.86. The normalized spacial score (nSPS) is 22.1. The summed E-state index contributed by atoms with van der Waals surface area (Å²) in [6, 6.07) is 11.8. The Bertz CT molecular complexity index is 882.